The van der Waals surface area contributed by atoms with Gasteiger partial charge in [0.2, 0.25) is 5.91 Å². The first kappa shape index (κ1) is 27.8. The summed E-state index contributed by atoms with van der Waals surface area (Å²) >= 11 is 0. The van der Waals surface area contributed by atoms with Crippen LogP contribution in [-0.2, 0) is 11.3 Å². The Morgan fingerprint density at radius 1 is 0.974 bits per heavy atom. The van der Waals surface area contributed by atoms with E-state index in [0.717, 1.165) is 47.8 Å². The summed E-state index contributed by atoms with van der Waals surface area (Å²) in [7, 11) is 1.63. The van der Waals surface area contributed by atoms with Crippen LogP contribution in [0, 0.1) is 5.82 Å². The number of ether oxygens (including phenoxy) is 1. The van der Waals surface area contributed by atoms with E-state index in [0.29, 0.717) is 26.2 Å². The van der Waals surface area contributed by atoms with Gasteiger partial charge in [-0.05, 0) is 66.9 Å². The molecule has 10 heteroatoms. The highest BCUT2D eigenvalue weighted by Gasteiger charge is 2.24. The summed E-state index contributed by atoms with van der Waals surface area (Å²) in [6, 6.07) is 17.2. The SMILES string of the molecule is CCCNC(=O)N(CC(=O)N1CCCN(c2ccc(-c3ccc(OC)cc3)nn2)CC1)Cc1ccc(F)cc1. The van der Waals surface area contributed by atoms with Crippen LogP contribution in [0.25, 0.3) is 11.3 Å². The second-order valence-electron chi connectivity index (χ2n) is 9.44. The third-order valence-corrected chi connectivity index (χ3v) is 6.64. The number of benzene rings is 2. The van der Waals surface area contributed by atoms with Crippen molar-refractivity contribution in [2.45, 2.75) is 26.3 Å². The topological polar surface area (TPSA) is 90.9 Å². The lowest BCUT2D eigenvalue weighted by molar-refractivity contribution is -0.131. The standard InChI is InChI=1S/C29H35FN6O3/c1-3-15-31-29(38)36(20-22-5-9-24(30)10-6-22)21-28(37)35-17-4-16-34(18-19-35)27-14-13-26(32-33-27)23-7-11-25(39-2)12-8-23/h5-14H,3-4,15-21H2,1-2H3,(H,31,38). The maximum Gasteiger partial charge on any atom is 0.318 e. The Balaban J connectivity index is 1.36. The molecule has 1 saturated heterocycles. The van der Waals surface area contributed by atoms with E-state index in [4.69, 9.17) is 4.74 Å². The zero-order chi connectivity index (χ0) is 27.6. The van der Waals surface area contributed by atoms with Gasteiger partial charge in [0, 0.05) is 44.8 Å². The smallest absolute Gasteiger partial charge is 0.318 e. The minimum absolute atomic E-state index is 0.0523. The normalized spacial score (nSPS) is 13.5. The summed E-state index contributed by atoms with van der Waals surface area (Å²) in [5, 5.41) is 11.7. The molecule has 3 amide bonds. The third kappa shape index (κ3) is 7.66. The number of halogens is 1. The van der Waals surface area contributed by atoms with Gasteiger partial charge in [-0.2, -0.15) is 0 Å². The molecule has 206 valence electrons. The van der Waals surface area contributed by atoms with Gasteiger partial charge in [0.05, 0.1) is 12.8 Å². The molecule has 0 aliphatic carbocycles. The van der Waals surface area contributed by atoms with Crippen molar-refractivity contribution < 1.29 is 18.7 Å². The summed E-state index contributed by atoms with van der Waals surface area (Å²) in [5.41, 5.74) is 2.49. The van der Waals surface area contributed by atoms with Crippen molar-refractivity contribution in [1.29, 1.82) is 0 Å². The fraction of sp³-hybridized carbons (Fsp3) is 0.379. The van der Waals surface area contributed by atoms with Crippen LogP contribution in [-0.4, -0.2) is 78.3 Å². The van der Waals surface area contributed by atoms with Crippen molar-refractivity contribution >= 4 is 17.8 Å². The zero-order valence-corrected chi connectivity index (χ0v) is 22.5. The lowest BCUT2D eigenvalue weighted by Gasteiger charge is -2.27. The number of nitrogens with one attached hydrogen (secondary N) is 1. The Morgan fingerprint density at radius 2 is 1.74 bits per heavy atom. The average molecular weight is 535 g/mol. The molecule has 0 spiro atoms. The molecular weight excluding hydrogens is 499 g/mol. The molecule has 2 aromatic carbocycles. The molecule has 1 aliphatic rings. The van der Waals surface area contributed by atoms with Gasteiger partial charge >= 0.3 is 6.03 Å². The zero-order valence-electron chi connectivity index (χ0n) is 22.5. The van der Waals surface area contributed by atoms with Gasteiger partial charge in [0.1, 0.15) is 18.1 Å². The maximum absolute atomic E-state index is 13.3. The minimum Gasteiger partial charge on any atom is -0.497 e. The first-order chi connectivity index (χ1) is 19.0. The highest BCUT2D eigenvalue weighted by atomic mass is 19.1. The molecular formula is C29H35FN6O3. The van der Waals surface area contributed by atoms with Crippen LogP contribution in [0.1, 0.15) is 25.3 Å². The summed E-state index contributed by atoms with van der Waals surface area (Å²) in [6.07, 6.45) is 1.56. The second kappa shape index (κ2) is 13.5. The first-order valence-corrected chi connectivity index (χ1v) is 13.2. The quantitative estimate of drug-likeness (QED) is 0.447. The Kier molecular flexibility index (Phi) is 9.66. The van der Waals surface area contributed by atoms with Crippen LogP contribution >= 0.6 is 0 Å². The van der Waals surface area contributed by atoms with E-state index in [2.05, 4.69) is 20.4 Å². The molecule has 0 atom stereocenters. The molecule has 1 aliphatic heterocycles. The molecule has 1 N–H and O–H groups in total. The van der Waals surface area contributed by atoms with E-state index in [-0.39, 0.29) is 30.8 Å². The molecule has 1 fully saturated rings. The second-order valence-corrected chi connectivity index (χ2v) is 9.44. The van der Waals surface area contributed by atoms with Crippen molar-refractivity contribution in [1.82, 2.24) is 25.3 Å². The van der Waals surface area contributed by atoms with Crippen LogP contribution < -0.4 is 15.0 Å². The van der Waals surface area contributed by atoms with E-state index in [1.807, 2.05) is 43.3 Å². The Bertz CT molecular complexity index is 1220. The number of aromatic nitrogens is 2. The number of rotatable bonds is 9. The lowest BCUT2D eigenvalue weighted by atomic mass is 10.1. The van der Waals surface area contributed by atoms with Crippen molar-refractivity contribution in [3.8, 4) is 17.0 Å². The average Bonchev–Trinajstić information content (AvgIpc) is 3.23. The number of anilines is 1. The van der Waals surface area contributed by atoms with Gasteiger partial charge in [-0.25, -0.2) is 9.18 Å². The maximum atomic E-state index is 13.3. The number of carbonyl (C=O) groups excluding carboxylic acids is 2. The third-order valence-electron chi connectivity index (χ3n) is 6.64. The number of hydrogen-bond acceptors (Lipinski definition) is 6. The fourth-order valence-corrected chi connectivity index (χ4v) is 4.42. The van der Waals surface area contributed by atoms with E-state index in [9.17, 15) is 14.0 Å². The van der Waals surface area contributed by atoms with Gasteiger partial charge in [-0.1, -0.05) is 19.1 Å². The molecule has 0 unspecified atom stereocenters. The lowest BCUT2D eigenvalue weighted by Crippen LogP contribution is -2.47. The molecule has 4 rings (SSSR count). The van der Waals surface area contributed by atoms with Crippen molar-refractivity contribution in [3.05, 3.63) is 72.0 Å². The Morgan fingerprint density at radius 3 is 2.41 bits per heavy atom. The molecule has 39 heavy (non-hydrogen) atoms. The highest BCUT2D eigenvalue weighted by molar-refractivity contribution is 5.84. The number of urea groups is 1. The molecule has 0 saturated carbocycles. The molecule has 0 bridgehead atoms. The van der Waals surface area contributed by atoms with Crippen molar-refractivity contribution in [2.24, 2.45) is 0 Å². The van der Waals surface area contributed by atoms with Gasteiger partial charge in [0.25, 0.3) is 0 Å². The van der Waals surface area contributed by atoms with E-state index in [1.165, 1.54) is 17.0 Å². The Labute approximate surface area is 228 Å². The van der Waals surface area contributed by atoms with Crippen molar-refractivity contribution in [3.63, 3.8) is 0 Å². The summed E-state index contributed by atoms with van der Waals surface area (Å²) < 4.78 is 18.6. The molecule has 0 radical (unpaired) electrons. The Hall–Kier alpha value is -4.21. The van der Waals surface area contributed by atoms with Gasteiger partial charge < -0.3 is 24.8 Å². The van der Waals surface area contributed by atoms with Crippen LogP contribution in [0.5, 0.6) is 5.75 Å². The van der Waals surface area contributed by atoms with E-state index >= 15 is 0 Å². The molecule has 2 heterocycles. The first-order valence-electron chi connectivity index (χ1n) is 13.2. The monoisotopic (exact) mass is 534 g/mol. The number of methoxy groups -OCH3 is 1. The van der Waals surface area contributed by atoms with E-state index < -0.39 is 0 Å². The van der Waals surface area contributed by atoms with E-state index in [1.54, 1.807) is 24.1 Å². The molecule has 1 aromatic heterocycles. The predicted octanol–water partition coefficient (Wildman–Crippen LogP) is 3.95. The molecule has 9 nitrogen and oxygen atoms in total. The number of hydrogen-bond donors (Lipinski definition) is 1. The van der Waals surface area contributed by atoms with Gasteiger partial charge in [0.15, 0.2) is 5.82 Å². The number of nitrogens with zero attached hydrogens (tertiary/aromatic N) is 5. The summed E-state index contributed by atoms with van der Waals surface area (Å²) in [4.78, 5) is 31.5. The largest absolute Gasteiger partial charge is 0.497 e. The number of carbonyl (C=O) groups is 2. The van der Waals surface area contributed by atoms with Crippen LogP contribution in [0.2, 0.25) is 0 Å². The summed E-state index contributed by atoms with van der Waals surface area (Å²) in [5.74, 6) is 1.09. The van der Waals surface area contributed by atoms with Crippen molar-refractivity contribution in [2.75, 3.05) is 51.3 Å². The van der Waals surface area contributed by atoms with Crippen LogP contribution in [0.3, 0.4) is 0 Å². The predicted molar refractivity (Wildman–Crippen MR) is 148 cm³/mol. The fourth-order valence-electron chi connectivity index (χ4n) is 4.42. The summed E-state index contributed by atoms with van der Waals surface area (Å²) in [6.45, 7) is 5.12. The number of amides is 3. The van der Waals surface area contributed by atoms with Crippen LogP contribution in [0.4, 0.5) is 15.0 Å². The van der Waals surface area contributed by atoms with Gasteiger partial charge in [-0.3, -0.25) is 4.79 Å². The minimum atomic E-state index is -0.342. The highest BCUT2D eigenvalue weighted by Crippen LogP contribution is 2.22. The molecule has 3 aromatic rings. The van der Waals surface area contributed by atoms with Gasteiger partial charge in [-0.15, -0.1) is 10.2 Å². The van der Waals surface area contributed by atoms with Crippen LogP contribution in [0.15, 0.2) is 60.7 Å².